The van der Waals surface area contributed by atoms with Gasteiger partial charge in [0.15, 0.2) is 0 Å². The van der Waals surface area contributed by atoms with Crippen molar-refractivity contribution < 1.29 is 0 Å². The highest BCUT2D eigenvalue weighted by atomic mass is 15.3. The van der Waals surface area contributed by atoms with Gasteiger partial charge < -0.3 is 0 Å². The molecule has 3 N–H and O–H groups in total. The largest absolute Gasteiger partial charge is 0.271 e. The summed E-state index contributed by atoms with van der Waals surface area (Å²) in [5, 5.41) is 0. The van der Waals surface area contributed by atoms with E-state index >= 15 is 0 Å². The lowest BCUT2D eigenvalue weighted by Crippen LogP contribution is -2.50. The van der Waals surface area contributed by atoms with Gasteiger partial charge in [0.1, 0.15) is 0 Å². The van der Waals surface area contributed by atoms with Crippen LogP contribution in [0.5, 0.6) is 0 Å². The number of nitrogens with two attached hydrogens (primary N) is 1. The second-order valence-electron chi connectivity index (χ2n) is 4.70. The Hall–Kier alpha value is -1.78. The molecule has 0 saturated heterocycles. The Morgan fingerprint density at radius 1 is 1.00 bits per heavy atom. The Kier molecular flexibility index (Phi) is 4.02. The first-order chi connectivity index (χ1) is 8.72. The van der Waals surface area contributed by atoms with E-state index in [1.807, 2.05) is 36.4 Å². The normalized spacial score (nSPS) is 11.4. The van der Waals surface area contributed by atoms with Crippen molar-refractivity contribution in [3.05, 3.63) is 60.2 Å². The number of nitrogens with zero attached hydrogens (tertiary/aromatic N) is 2. The number of pyridine rings is 2. The molecule has 2 aromatic heterocycles. The summed E-state index contributed by atoms with van der Waals surface area (Å²) in [5.74, 6) is 5.70. The van der Waals surface area contributed by atoms with E-state index in [4.69, 9.17) is 5.84 Å². The number of hydrogen-bond acceptors (Lipinski definition) is 4. The molecule has 0 radical (unpaired) electrons. The van der Waals surface area contributed by atoms with E-state index < -0.39 is 0 Å². The molecular weight excluding hydrogens is 224 g/mol. The third-order valence-electron chi connectivity index (χ3n) is 2.94. The van der Waals surface area contributed by atoms with Gasteiger partial charge in [-0.1, -0.05) is 12.1 Å². The summed E-state index contributed by atoms with van der Waals surface area (Å²) in [4.78, 5) is 8.67. The Morgan fingerprint density at radius 2 is 1.50 bits per heavy atom. The molecule has 0 unspecified atom stereocenters. The van der Waals surface area contributed by atoms with Gasteiger partial charge in [-0.25, -0.2) is 0 Å². The number of hydrogen-bond donors (Lipinski definition) is 2. The van der Waals surface area contributed by atoms with Crippen LogP contribution in [0, 0.1) is 0 Å². The zero-order valence-electron chi connectivity index (χ0n) is 10.5. The zero-order chi connectivity index (χ0) is 12.8. The average molecular weight is 242 g/mol. The minimum Gasteiger partial charge on any atom is -0.271 e. The van der Waals surface area contributed by atoms with Crippen LogP contribution < -0.4 is 11.3 Å². The average Bonchev–Trinajstić information content (AvgIpc) is 2.41. The minimum atomic E-state index is -0.247. The van der Waals surface area contributed by atoms with Crippen LogP contribution >= 0.6 is 0 Å². The predicted octanol–water partition coefficient (Wildman–Crippen LogP) is 1.48. The molecule has 0 bridgehead atoms. The van der Waals surface area contributed by atoms with Gasteiger partial charge >= 0.3 is 0 Å². The van der Waals surface area contributed by atoms with E-state index in [1.165, 1.54) is 0 Å². The molecule has 0 amide bonds. The van der Waals surface area contributed by atoms with Gasteiger partial charge in [0, 0.05) is 42.2 Å². The highest BCUT2D eigenvalue weighted by Crippen LogP contribution is 2.15. The molecule has 94 valence electrons. The molecule has 2 rings (SSSR count). The molecule has 0 aliphatic rings. The van der Waals surface area contributed by atoms with E-state index in [1.54, 1.807) is 12.4 Å². The van der Waals surface area contributed by atoms with Crippen molar-refractivity contribution in [2.45, 2.75) is 25.3 Å². The smallest absolute Gasteiger partial charge is 0.0422 e. The SMILES string of the molecule is CC(Cc1ccccn1)(Cc1ccccn1)NN. The lowest BCUT2D eigenvalue weighted by Gasteiger charge is -2.28. The highest BCUT2D eigenvalue weighted by molar-refractivity contribution is 5.13. The lowest BCUT2D eigenvalue weighted by molar-refractivity contribution is 0.350. The Balaban J connectivity index is 2.11. The van der Waals surface area contributed by atoms with Crippen LogP contribution in [0.4, 0.5) is 0 Å². The second-order valence-corrected chi connectivity index (χ2v) is 4.70. The maximum atomic E-state index is 5.70. The second kappa shape index (κ2) is 5.71. The molecule has 0 fully saturated rings. The molecular formula is C14H18N4. The molecule has 2 aromatic rings. The summed E-state index contributed by atoms with van der Waals surface area (Å²) in [5.41, 5.74) is 4.69. The number of aromatic nitrogens is 2. The van der Waals surface area contributed by atoms with Gasteiger partial charge in [0.2, 0.25) is 0 Å². The summed E-state index contributed by atoms with van der Waals surface area (Å²) < 4.78 is 0. The maximum Gasteiger partial charge on any atom is 0.0422 e. The molecule has 0 aromatic carbocycles. The number of hydrazine groups is 1. The topological polar surface area (TPSA) is 63.8 Å². The third kappa shape index (κ3) is 3.35. The van der Waals surface area contributed by atoms with Crippen LogP contribution in [0.1, 0.15) is 18.3 Å². The van der Waals surface area contributed by atoms with Crippen LogP contribution in [0.2, 0.25) is 0 Å². The van der Waals surface area contributed by atoms with Crippen molar-refractivity contribution in [1.82, 2.24) is 15.4 Å². The standard InChI is InChI=1S/C14H18N4/c1-14(18-15,10-12-6-2-4-8-16-12)11-13-7-3-5-9-17-13/h2-9,18H,10-11,15H2,1H3. The summed E-state index contributed by atoms with van der Waals surface area (Å²) in [6, 6.07) is 11.8. The maximum absolute atomic E-state index is 5.70. The van der Waals surface area contributed by atoms with Gasteiger partial charge in [0.05, 0.1) is 0 Å². The monoisotopic (exact) mass is 242 g/mol. The first-order valence-corrected chi connectivity index (χ1v) is 5.99. The van der Waals surface area contributed by atoms with E-state index in [-0.39, 0.29) is 5.54 Å². The van der Waals surface area contributed by atoms with Gasteiger partial charge in [-0.3, -0.25) is 21.2 Å². The lowest BCUT2D eigenvalue weighted by atomic mass is 9.90. The minimum absolute atomic E-state index is 0.247. The van der Waals surface area contributed by atoms with Crippen LogP contribution in [0.25, 0.3) is 0 Å². The third-order valence-corrected chi connectivity index (χ3v) is 2.94. The Labute approximate surface area is 107 Å². The Bertz CT molecular complexity index is 428. The zero-order valence-corrected chi connectivity index (χ0v) is 10.5. The molecule has 0 atom stereocenters. The summed E-state index contributed by atoms with van der Waals surface area (Å²) in [7, 11) is 0. The molecule has 0 saturated carbocycles. The van der Waals surface area contributed by atoms with Crippen LogP contribution in [0.15, 0.2) is 48.8 Å². The fourth-order valence-electron chi connectivity index (χ4n) is 1.97. The Morgan fingerprint density at radius 3 is 1.83 bits per heavy atom. The summed E-state index contributed by atoms with van der Waals surface area (Å²) >= 11 is 0. The molecule has 4 nitrogen and oxygen atoms in total. The molecule has 2 heterocycles. The van der Waals surface area contributed by atoms with Gasteiger partial charge in [0.25, 0.3) is 0 Å². The van der Waals surface area contributed by atoms with Crippen molar-refractivity contribution in [3.63, 3.8) is 0 Å². The van der Waals surface area contributed by atoms with E-state index in [0.717, 1.165) is 24.2 Å². The van der Waals surface area contributed by atoms with Gasteiger partial charge in [-0.05, 0) is 31.2 Å². The first kappa shape index (κ1) is 12.7. The van der Waals surface area contributed by atoms with E-state index in [2.05, 4.69) is 22.3 Å². The number of rotatable bonds is 5. The summed E-state index contributed by atoms with van der Waals surface area (Å²) in [6.45, 7) is 2.08. The van der Waals surface area contributed by atoms with E-state index in [0.29, 0.717) is 0 Å². The molecule has 0 aliphatic carbocycles. The summed E-state index contributed by atoms with van der Waals surface area (Å²) in [6.07, 6.45) is 5.13. The predicted molar refractivity (Wildman–Crippen MR) is 71.6 cm³/mol. The quantitative estimate of drug-likeness (QED) is 0.616. The van der Waals surface area contributed by atoms with E-state index in [9.17, 15) is 0 Å². The number of nitrogens with one attached hydrogen (secondary N) is 1. The fraction of sp³-hybridized carbons (Fsp3) is 0.286. The van der Waals surface area contributed by atoms with Crippen molar-refractivity contribution in [2.24, 2.45) is 5.84 Å². The van der Waals surface area contributed by atoms with Crippen LogP contribution in [0.3, 0.4) is 0 Å². The molecule has 4 heteroatoms. The van der Waals surface area contributed by atoms with Crippen molar-refractivity contribution >= 4 is 0 Å². The molecule has 18 heavy (non-hydrogen) atoms. The first-order valence-electron chi connectivity index (χ1n) is 5.99. The molecule has 0 spiro atoms. The molecule has 0 aliphatic heterocycles. The van der Waals surface area contributed by atoms with Crippen LogP contribution in [-0.4, -0.2) is 15.5 Å². The van der Waals surface area contributed by atoms with Gasteiger partial charge in [-0.15, -0.1) is 0 Å². The van der Waals surface area contributed by atoms with Crippen molar-refractivity contribution in [1.29, 1.82) is 0 Å². The van der Waals surface area contributed by atoms with Gasteiger partial charge in [-0.2, -0.15) is 0 Å². The van der Waals surface area contributed by atoms with Crippen molar-refractivity contribution in [3.8, 4) is 0 Å². The van der Waals surface area contributed by atoms with Crippen molar-refractivity contribution in [2.75, 3.05) is 0 Å². The highest BCUT2D eigenvalue weighted by Gasteiger charge is 2.24. The van der Waals surface area contributed by atoms with Crippen LogP contribution in [-0.2, 0) is 12.8 Å². The fourth-order valence-corrected chi connectivity index (χ4v) is 1.97.